The lowest BCUT2D eigenvalue weighted by atomic mass is 10.6. The lowest BCUT2D eigenvalue weighted by Gasteiger charge is -1.98. The molecule has 1 rings (SSSR count). The third kappa shape index (κ3) is 4.06. The van der Waals surface area contributed by atoms with E-state index in [1.807, 2.05) is 0 Å². The summed E-state index contributed by atoms with van der Waals surface area (Å²) in [6.45, 7) is 0.433. The molecule has 1 aromatic rings. The van der Waals surface area contributed by atoms with Crippen LogP contribution in [0.5, 0.6) is 0 Å². The fourth-order valence-electron chi connectivity index (χ4n) is 0.885. The Kier molecular flexibility index (Phi) is 4.86. The Morgan fingerprint density at radius 1 is 1.73 bits per heavy atom. The van der Waals surface area contributed by atoms with Crippen LogP contribution >= 0.6 is 11.3 Å². The Labute approximate surface area is 93.6 Å². The van der Waals surface area contributed by atoms with E-state index < -0.39 is 16.8 Å². The van der Waals surface area contributed by atoms with Gasteiger partial charge < -0.3 is 9.84 Å². The largest absolute Gasteiger partial charge is 0.476 e. The quantitative estimate of drug-likeness (QED) is 0.804. The Hall–Kier alpha value is -0.790. The molecule has 0 bridgehead atoms. The molecule has 1 aromatic heterocycles. The van der Waals surface area contributed by atoms with Crippen molar-refractivity contribution in [3.63, 3.8) is 0 Å². The molecule has 0 aliphatic rings. The van der Waals surface area contributed by atoms with Crippen molar-refractivity contribution in [3.8, 4) is 0 Å². The zero-order valence-electron chi connectivity index (χ0n) is 8.13. The van der Waals surface area contributed by atoms with E-state index in [2.05, 4.69) is 4.98 Å². The van der Waals surface area contributed by atoms with Gasteiger partial charge in [0, 0.05) is 29.0 Å². The van der Waals surface area contributed by atoms with Crippen LogP contribution in [0, 0.1) is 0 Å². The van der Waals surface area contributed by atoms with Crippen LogP contribution in [0.2, 0.25) is 0 Å². The molecule has 0 amide bonds. The van der Waals surface area contributed by atoms with Crippen LogP contribution in [-0.2, 0) is 21.3 Å². The number of aromatic nitrogens is 1. The second-order valence-electron chi connectivity index (χ2n) is 2.73. The number of methoxy groups -OCH3 is 1. The van der Waals surface area contributed by atoms with Crippen LogP contribution in [0.15, 0.2) is 5.38 Å². The Bertz CT molecular complexity index is 363. The molecule has 0 fully saturated rings. The van der Waals surface area contributed by atoms with Gasteiger partial charge in [0.25, 0.3) is 0 Å². The minimum absolute atomic E-state index is 0.0359. The first-order chi connectivity index (χ1) is 7.13. The normalized spacial score (nSPS) is 12.6. The molecule has 1 unspecified atom stereocenters. The minimum Gasteiger partial charge on any atom is -0.476 e. The molecular weight excluding hydrogens is 238 g/mol. The summed E-state index contributed by atoms with van der Waals surface area (Å²) in [5.74, 6) is -0.322. The lowest BCUT2D eigenvalue weighted by Crippen LogP contribution is -2.07. The van der Waals surface area contributed by atoms with Gasteiger partial charge in [0.1, 0.15) is 0 Å². The van der Waals surface area contributed by atoms with E-state index in [1.54, 1.807) is 12.5 Å². The van der Waals surface area contributed by atoms with Crippen molar-refractivity contribution in [2.45, 2.75) is 5.75 Å². The number of carboxylic acids is 1. The number of thiazole rings is 1. The summed E-state index contributed by atoms with van der Waals surface area (Å²) in [7, 11) is 0.500. The second kappa shape index (κ2) is 5.94. The molecule has 0 saturated carbocycles. The molecule has 15 heavy (non-hydrogen) atoms. The van der Waals surface area contributed by atoms with Gasteiger partial charge in [-0.2, -0.15) is 0 Å². The number of ether oxygens (including phenoxy) is 1. The van der Waals surface area contributed by atoms with E-state index in [-0.39, 0.29) is 10.8 Å². The van der Waals surface area contributed by atoms with Crippen molar-refractivity contribution < 1.29 is 18.8 Å². The molecule has 5 nitrogen and oxygen atoms in total. The molecule has 0 aromatic carbocycles. The van der Waals surface area contributed by atoms with Gasteiger partial charge in [-0.25, -0.2) is 9.78 Å². The highest BCUT2D eigenvalue weighted by Gasteiger charge is 2.10. The standard InChI is InChI=1S/C8H11NO4S2/c1-13-2-3-15(12)5-6-4-14-7(9-6)8(10)11/h4H,2-3,5H2,1H3,(H,10,11). The third-order valence-electron chi connectivity index (χ3n) is 1.56. The minimum atomic E-state index is -1.05. The molecule has 0 spiro atoms. The van der Waals surface area contributed by atoms with Crippen LogP contribution in [0.1, 0.15) is 15.5 Å². The topological polar surface area (TPSA) is 76.5 Å². The van der Waals surface area contributed by atoms with Crippen molar-refractivity contribution in [1.29, 1.82) is 0 Å². The van der Waals surface area contributed by atoms with Crippen molar-refractivity contribution in [2.24, 2.45) is 0 Å². The molecule has 1 N–H and O–H groups in total. The first-order valence-electron chi connectivity index (χ1n) is 4.15. The number of nitrogens with zero attached hydrogens (tertiary/aromatic N) is 1. The fraction of sp³-hybridized carbons (Fsp3) is 0.500. The van der Waals surface area contributed by atoms with Crippen molar-refractivity contribution in [2.75, 3.05) is 19.5 Å². The van der Waals surface area contributed by atoms with Gasteiger partial charge >= 0.3 is 5.97 Å². The van der Waals surface area contributed by atoms with Gasteiger partial charge in [-0.05, 0) is 0 Å². The molecule has 0 aliphatic heterocycles. The highest BCUT2D eigenvalue weighted by Crippen LogP contribution is 2.11. The smallest absolute Gasteiger partial charge is 0.365 e. The molecule has 0 radical (unpaired) electrons. The van der Waals surface area contributed by atoms with Gasteiger partial charge in [-0.15, -0.1) is 11.3 Å². The maximum atomic E-state index is 11.4. The highest BCUT2D eigenvalue weighted by molar-refractivity contribution is 7.84. The summed E-state index contributed by atoms with van der Waals surface area (Å²) < 4.78 is 16.2. The number of carboxylic acid groups (broad SMARTS) is 1. The lowest BCUT2D eigenvalue weighted by molar-refractivity contribution is 0.0696. The molecule has 7 heteroatoms. The summed E-state index contributed by atoms with van der Waals surface area (Å²) in [5, 5.41) is 10.3. The van der Waals surface area contributed by atoms with E-state index in [0.29, 0.717) is 18.1 Å². The highest BCUT2D eigenvalue weighted by atomic mass is 32.2. The van der Waals surface area contributed by atoms with E-state index in [9.17, 15) is 9.00 Å². The molecule has 0 aliphatic carbocycles. The van der Waals surface area contributed by atoms with E-state index in [1.165, 1.54) is 0 Å². The summed E-state index contributed by atoms with van der Waals surface area (Å²) >= 11 is 1.05. The number of aromatic carboxylic acids is 1. The van der Waals surface area contributed by atoms with Crippen LogP contribution in [0.4, 0.5) is 0 Å². The second-order valence-corrected chi connectivity index (χ2v) is 5.16. The number of hydrogen-bond acceptors (Lipinski definition) is 5. The number of carbonyl (C=O) groups is 1. The van der Waals surface area contributed by atoms with Crippen molar-refractivity contribution in [3.05, 3.63) is 16.1 Å². The SMILES string of the molecule is COCCS(=O)Cc1csc(C(=O)O)n1. The molecule has 84 valence electrons. The first kappa shape index (κ1) is 12.3. The summed E-state index contributed by atoms with van der Waals surface area (Å²) in [5.41, 5.74) is 0.562. The molecule has 0 saturated heterocycles. The Morgan fingerprint density at radius 2 is 2.47 bits per heavy atom. The number of rotatable bonds is 6. The maximum Gasteiger partial charge on any atom is 0.365 e. The monoisotopic (exact) mass is 249 g/mol. The average molecular weight is 249 g/mol. The van der Waals surface area contributed by atoms with Crippen molar-refractivity contribution >= 4 is 28.1 Å². The van der Waals surface area contributed by atoms with Crippen LogP contribution < -0.4 is 0 Å². The van der Waals surface area contributed by atoms with Gasteiger partial charge in [-0.1, -0.05) is 0 Å². The zero-order chi connectivity index (χ0) is 11.3. The van der Waals surface area contributed by atoms with Crippen LogP contribution in [0.3, 0.4) is 0 Å². The van der Waals surface area contributed by atoms with Crippen LogP contribution in [0.25, 0.3) is 0 Å². The summed E-state index contributed by atoms with van der Waals surface area (Å²) in [6, 6.07) is 0. The predicted molar refractivity (Wildman–Crippen MR) is 57.7 cm³/mol. The third-order valence-corrected chi connectivity index (χ3v) is 3.68. The number of hydrogen-bond donors (Lipinski definition) is 1. The predicted octanol–water partition coefficient (Wildman–Crippen LogP) is 0.736. The molecular formula is C8H11NO4S2. The zero-order valence-corrected chi connectivity index (χ0v) is 9.77. The van der Waals surface area contributed by atoms with Gasteiger partial charge in [0.05, 0.1) is 18.1 Å². The van der Waals surface area contributed by atoms with Gasteiger partial charge in [0.15, 0.2) is 0 Å². The van der Waals surface area contributed by atoms with Crippen molar-refractivity contribution in [1.82, 2.24) is 4.98 Å². The van der Waals surface area contributed by atoms with Gasteiger partial charge in [-0.3, -0.25) is 4.21 Å². The van der Waals surface area contributed by atoms with Crippen LogP contribution in [-0.4, -0.2) is 39.7 Å². The first-order valence-corrected chi connectivity index (χ1v) is 6.52. The summed E-state index contributed by atoms with van der Waals surface area (Å²) in [4.78, 5) is 14.4. The average Bonchev–Trinajstić information content (AvgIpc) is 2.63. The fourth-order valence-corrected chi connectivity index (χ4v) is 2.62. The Morgan fingerprint density at radius 3 is 3.00 bits per heavy atom. The summed E-state index contributed by atoms with van der Waals surface area (Å²) in [6.07, 6.45) is 0. The van der Waals surface area contributed by atoms with E-state index in [0.717, 1.165) is 11.3 Å². The van der Waals surface area contributed by atoms with Gasteiger partial charge in [0.2, 0.25) is 5.01 Å². The van der Waals surface area contributed by atoms with E-state index >= 15 is 0 Å². The molecule has 1 atom stereocenters. The van der Waals surface area contributed by atoms with E-state index in [4.69, 9.17) is 9.84 Å². The Balaban J connectivity index is 2.50. The maximum absolute atomic E-state index is 11.4. The molecule has 1 heterocycles.